The van der Waals surface area contributed by atoms with Crippen LogP contribution in [0.1, 0.15) is 33.1 Å². The summed E-state index contributed by atoms with van der Waals surface area (Å²) in [6, 6.07) is 0.292. The van der Waals surface area contributed by atoms with Gasteiger partial charge in [0.2, 0.25) is 0 Å². The highest BCUT2D eigenvalue weighted by Crippen LogP contribution is 2.16. The summed E-state index contributed by atoms with van der Waals surface area (Å²) < 4.78 is 5.03. The van der Waals surface area contributed by atoms with E-state index in [1.165, 1.54) is 13.0 Å². The lowest BCUT2D eigenvalue weighted by Crippen LogP contribution is -2.48. The van der Waals surface area contributed by atoms with Gasteiger partial charge in [-0.2, -0.15) is 0 Å². The molecule has 2 fully saturated rings. The van der Waals surface area contributed by atoms with Crippen molar-refractivity contribution < 1.29 is 9.53 Å². The summed E-state index contributed by atoms with van der Waals surface area (Å²) in [5.74, 6) is 1.16. The van der Waals surface area contributed by atoms with Gasteiger partial charge >= 0.3 is 6.09 Å². The Hall–Kier alpha value is -0.770. The summed E-state index contributed by atoms with van der Waals surface area (Å²) >= 11 is 0. The zero-order chi connectivity index (χ0) is 16.7. The number of likely N-dealkylation sites (tertiary alicyclic amines) is 2. The van der Waals surface area contributed by atoms with Gasteiger partial charge in [0.15, 0.2) is 5.96 Å². The number of hydrogen-bond donors (Lipinski definition) is 2. The molecule has 0 saturated carbocycles. The average molecular weight is 453 g/mol. The quantitative estimate of drug-likeness (QED) is 0.374. The number of carbonyl (C=O) groups is 1. The molecule has 0 aromatic carbocycles. The fourth-order valence-electron chi connectivity index (χ4n) is 3.25. The first-order chi connectivity index (χ1) is 11.1. The molecule has 2 aliphatic rings. The van der Waals surface area contributed by atoms with Gasteiger partial charge in [-0.1, -0.05) is 6.92 Å². The molecule has 0 radical (unpaired) electrons. The van der Waals surface area contributed by atoms with Crippen LogP contribution in [0.25, 0.3) is 0 Å². The standard InChI is InChI=1S/C16H31N5O2.HI/c1-3-20-8-5-13(12-20)11-18-15(17)19-14-6-9-21(10-7-14)16(22)23-4-2;/h13-14H,3-12H2,1-2H3,(H3,17,18,19);1H. The first-order valence-corrected chi connectivity index (χ1v) is 8.82. The van der Waals surface area contributed by atoms with Crippen LogP contribution in [0.2, 0.25) is 0 Å². The van der Waals surface area contributed by atoms with Crippen molar-refractivity contribution in [2.75, 3.05) is 45.9 Å². The molecule has 0 aliphatic carbocycles. The van der Waals surface area contributed by atoms with Crippen LogP contribution in [0.5, 0.6) is 0 Å². The molecule has 24 heavy (non-hydrogen) atoms. The first-order valence-electron chi connectivity index (χ1n) is 8.82. The number of hydrogen-bond acceptors (Lipinski definition) is 4. The summed E-state index contributed by atoms with van der Waals surface area (Å²) in [5, 5.41) is 3.29. The Bertz CT molecular complexity index is 413. The van der Waals surface area contributed by atoms with E-state index < -0.39 is 0 Å². The minimum atomic E-state index is -0.214. The average Bonchev–Trinajstić information content (AvgIpc) is 3.02. The molecular formula is C16H32IN5O2. The minimum absolute atomic E-state index is 0. The molecule has 2 saturated heterocycles. The molecule has 8 heteroatoms. The third-order valence-electron chi connectivity index (χ3n) is 4.71. The SMILES string of the molecule is CCOC(=O)N1CCC(NC(N)=NCC2CCN(CC)C2)CC1.I. The van der Waals surface area contributed by atoms with Crippen molar-refractivity contribution >= 4 is 36.0 Å². The van der Waals surface area contributed by atoms with E-state index >= 15 is 0 Å². The van der Waals surface area contributed by atoms with Crippen molar-refractivity contribution in [3.8, 4) is 0 Å². The Kier molecular flexibility index (Phi) is 9.72. The van der Waals surface area contributed by atoms with Crippen molar-refractivity contribution in [3.05, 3.63) is 0 Å². The summed E-state index contributed by atoms with van der Waals surface area (Å²) in [6.07, 6.45) is 2.75. The zero-order valence-corrected chi connectivity index (χ0v) is 17.2. The number of amides is 1. The van der Waals surface area contributed by atoms with Crippen LogP contribution < -0.4 is 11.1 Å². The Morgan fingerprint density at radius 2 is 1.96 bits per heavy atom. The second-order valence-corrected chi connectivity index (χ2v) is 6.38. The van der Waals surface area contributed by atoms with Crippen molar-refractivity contribution in [3.63, 3.8) is 0 Å². The van der Waals surface area contributed by atoms with E-state index in [1.807, 2.05) is 6.92 Å². The van der Waals surface area contributed by atoms with Gasteiger partial charge < -0.3 is 25.6 Å². The number of halogens is 1. The largest absolute Gasteiger partial charge is 0.450 e. The van der Waals surface area contributed by atoms with E-state index in [0.29, 0.717) is 37.6 Å². The lowest BCUT2D eigenvalue weighted by atomic mass is 10.1. The van der Waals surface area contributed by atoms with Gasteiger partial charge in [0.05, 0.1) is 6.61 Å². The van der Waals surface area contributed by atoms with Crippen LogP contribution >= 0.6 is 24.0 Å². The number of guanidine groups is 1. The number of aliphatic imine (C=N–C) groups is 1. The van der Waals surface area contributed by atoms with Gasteiger partial charge in [-0.05, 0) is 45.2 Å². The Balaban J connectivity index is 0.00000288. The van der Waals surface area contributed by atoms with E-state index in [-0.39, 0.29) is 30.1 Å². The van der Waals surface area contributed by atoms with Crippen LogP contribution in [0.3, 0.4) is 0 Å². The molecule has 1 unspecified atom stereocenters. The number of piperidine rings is 1. The molecule has 2 rings (SSSR count). The molecule has 3 N–H and O–H groups in total. The maximum atomic E-state index is 11.7. The minimum Gasteiger partial charge on any atom is -0.450 e. The van der Waals surface area contributed by atoms with Gasteiger partial charge in [-0.15, -0.1) is 24.0 Å². The predicted molar refractivity (Wildman–Crippen MR) is 107 cm³/mol. The van der Waals surface area contributed by atoms with E-state index in [2.05, 4.69) is 22.1 Å². The van der Waals surface area contributed by atoms with Crippen molar-refractivity contribution in [2.24, 2.45) is 16.6 Å². The number of rotatable bonds is 5. The molecule has 0 aromatic rings. The number of nitrogens with two attached hydrogens (primary N) is 1. The molecule has 140 valence electrons. The topological polar surface area (TPSA) is 83.2 Å². The van der Waals surface area contributed by atoms with Gasteiger partial charge in [0, 0.05) is 32.2 Å². The lowest BCUT2D eigenvalue weighted by molar-refractivity contribution is 0.0963. The van der Waals surface area contributed by atoms with E-state index in [0.717, 1.165) is 32.5 Å². The summed E-state index contributed by atoms with van der Waals surface area (Å²) in [7, 11) is 0. The van der Waals surface area contributed by atoms with Crippen molar-refractivity contribution in [2.45, 2.75) is 39.2 Å². The zero-order valence-electron chi connectivity index (χ0n) is 14.9. The maximum absolute atomic E-state index is 11.7. The lowest BCUT2D eigenvalue weighted by Gasteiger charge is -2.31. The summed E-state index contributed by atoms with van der Waals surface area (Å²) in [4.78, 5) is 20.4. The highest BCUT2D eigenvalue weighted by atomic mass is 127. The predicted octanol–water partition coefficient (Wildman–Crippen LogP) is 1.47. The normalized spacial score (nSPS) is 23.0. The molecule has 0 aromatic heterocycles. The first kappa shape index (κ1) is 21.3. The second-order valence-electron chi connectivity index (χ2n) is 6.38. The fourth-order valence-corrected chi connectivity index (χ4v) is 3.25. The maximum Gasteiger partial charge on any atom is 0.409 e. The molecule has 2 aliphatic heterocycles. The van der Waals surface area contributed by atoms with E-state index in [1.54, 1.807) is 4.90 Å². The van der Waals surface area contributed by atoms with E-state index in [9.17, 15) is 4.79 Å². The number of ether oxygens (including phenoxy) is 1. The van der Waals surface area contributed by atoms with Gasteiger partial charge in [-0.3, -0.25) is 4.99 Å². The highest BCUT2D eigenvalue weighted by Gasteiger charge is 2.24. The number of carbonyl (C=O) groups excluding carboxylic acids is 1. The molecular weight excluding hydrogens is 421 g/mol. The Morgan fingerprint density at radius 1 is 1.25 bits per heavy atom. The van der Waals surface area contributed by atoms with Crippen LogP contribution in [0, 0.1) is 5.92 Å². The highest BCUT2D eigenvalue weighted by molar-refractivity contribution is 14.0. The van der Waals surface area contributed by atoms with Crippen LogP contribution in [-0.2, 0) is 4.74 Å². The molecule has 1 amide bonds. The van der Waals surface area contributed by atoms with E-state index in [4.69, 9.17) is 10.5 Å². The molecule has 1 atom stereocenters. The molecule has 2 heterocycles. The smallest absolute Gasteiger partial charge is 0.409 e. The second kappa shape index (κ2) is 11.0. The summed E-state index contributed by atoms with van der Waals surface area (Å²) in [6.45, 7) is 10.1. The molecule has 0 spiro atoms. The number of nitrogens with one attached hydrogen (secondary N) is 1. The van der Waals surface area contributed by atoms with Crippen LogP contribution in [-0.4, -0.2) is 73.8 Å². The van der Waals surface area contributed by atoms with Crippen LogP contribution in [0.15, 0.2) is 4.99 Å². The molecule has 0 bridgehead atoms. The monoisotopic (exact) mass is 453 g/mol. The third-order valence-corrected chi connectivity index (χ3v) is 4.71. The molecule has 7 nitrogen and oxygen atoms in total. The van der Waals surface area contributed by atoms with Crippen molar-refractivity contribution in [1.82, 2.24) is 15.1 Å². The summed E-state index contributed by atoms with van der Waals surface area (Å²) in [5.41, 5.74) is 6.01. The van der Waals surface area contributed by atoms with Crippen molar-refractivity contribution in [1.29, 1.82) is 0 Å². The fraction of sp³-hybridized carbons (Fsp3) is 0.875. The Labute approximate surface area is 162 Å². The van der Waals surface area contributed by atoms with Gasteiger partial charge in [-0.25, -0.2) is 4.79 Å². The van der Waals surface area contributed by atoms with Gasteiger partial charge in [0.25, 0.3) is 0 Å². The number of nitrogens with zero attached hydrogens (tertiary/aromatic N) is 3. The Morgan fingerprint density at radius 3 is 2.54 bits per heavy atom. The van der Waals surface area contributed by atoms with Gasteiger partial charge in [0.1, 0.15) is 0 Å². The van der Waals surface area contributed by atoms with Crippen LogP contribution in [0.4, 0.5) is 4.79 Å². The third kappa shape index (κ3) is 6.62.